The molecule has 1 heterocycles. The molecular weight excluding hydrogens is 274 g/mol. The van der Waals surface area contributed by atoms with Crippen LogP contribution in [0.2, 0.25) is 0 Å². The first-order chi connectivity index (χ1) is 10.5. The van der Waals surface area contributed by atoms with Crippen LogP contribution in [0.5, 0.6) is 0 Å². The molecule has 2 N–H and O–H groups in total. The Labute approximate surface area is 133 Å². The predicted molar refractivity (Wildman–Crippen MR) is 88.8 cm³/mol. The van der Waals surface area contributed by atoms with Gasteiger partial charge in [0.25, 0.3) is 0 Å². The van der Waals surface area contributed by atoms with Crippen molar-refractivity contribution in [2.24, 2.45) is 11.8 Å². The highest BCUT2D eigenvalue weighted by Crippen LogP contribution is 2.33. The summed E-state index contributed by atoms with van der Waals surface area (Å²) in [6.45, 7) is 4.71. The van der Waals surface area contributed by atoms with Gasteiger partial charge in [0, 0.05) is 18.0 Å². The summed E-state index contributed by atoms with van der Waals surface area (Å²) in [7, 11) is 4.24. The molecule has 1 aromatic rings. The Morgan fingerprint density at radius 1 is 1.32 bits per heavy atom. The molecule has 2 aliphatic rings. The van der Waals surface area contributed by atoms with Crippen molar-refractivity contribution >= 4 is 5.91 Å². The molecule has 22 heavy (non-hydrogen) atoms. The van der Waals surface area contributed by atoms with E-state index in [0.29, 0.717) is 5.92 Å². The van der Waals surface area contributed by atoms with Crippen LogP contribution in [0.3, 0.4) is 0 Å². The van der Waals surface area contributed by atoms with Gasteiger partial charge in [-0.25, -0.2) is 0 Å². The maximum Gasteiger partial charge on any atom is 0.223 e. The van der Waals surface area contributed by atoms with Gasteiger partial charge in [0.2, 0.25) is 5.91 Å². The number of fused-ring (bicyclic) bond motifs is 1. The van der Waals surface area contributed by atoms with Crippen molar-refractivity contribution in [3.8, 4) is 0 Å². The molecule has 0 aromatic heterocycles. The number of hydrogen-bond donors (Lipinski definition) is 2. The lowest BCUT2D eigenvalue weighted by atomic mass is 9.87. The summed E-state index contributed by atoms with van der Waals surface area (Å²) in [5.41, 5.74) is 2.85. The monoisotopic (exact) mass is 301 g/mol. The number of amides is 1. The van der Waals surface area contributed by atoms with Crippen LogP contribution in [0.25, 0.3) is 0 Å². The van der Waals surface area contributed by atoms with Crippen molar-refractivity contribution in [2.75, 3.05) is 33.7 Å². The molecule has 1 aliphatic heterocycles. The Morgan fingerprint density at radius 2 is 1.91 bits per heavy atom. The maximum absolute atomic E-state index is 12.4. The van der Waals surface area contributed by atoms with Crippen molar-refractivity contribution in [3.05, 3.63) is 35.4 Å². The van der Waals surface area contributed by atoms with Crippen molar-refractivity contribution in [3.63, 3.8) is 0 Å². The Bertz CT molecular complexity index is 526. The molecule has 4 heteroatoms. The number of rotatable bonds is 5. The van der Waals surface area contributed by atoms with Crippen LogP contribution in [0.1, 0.15) is 18.1 Å². The molecule has 0 bridgehead atoms. The van der Waals surface area contributed by atoms with E-state index in [4.69, 9.17) is 0 Å². The second-order valence-electron chi connectivity index (χ2n) is 7.17. The Morgan fingerprint density at radius 3 is 2.36 bits per heavy atom. The number of carbonyl (C=O) groups excluding carboxylic acids is 1. The van der Waals surface area contributed by atoms with Crippen molar-refractivity contribution in [1.29, 1.82) is 0 Å². The molecule has 1 amide bonds. The Hall–Kier alpha value is -1.39. The Balaban J connectivity index is 1.65. The molecule has 4 nitrogen and oxygen atoms in total. The highest BCUT2D eigenvalue weighted by molar-refractivity contribution is 5.78. The van der Waals surface area contributed by atoms with Gasteiger partial charge in [0.15, 0.2) is 0 Å². The van der Waals surface area contributed by atoms with E-state index in [-0.39, 0.29) is 17.4 Å². The summed E-state index contributed by atoms with van der Waals surface area (Å²) in [5, 5.41) is 6.47. The fraction of sp³-hybridized carbons (Fsp3) is 0.611. The first kappa shape index (κ1) is 15.5. The Kier molecular flexibility index (Phi) is 4.24. The van der Waals surface area contributed by atoms with Crippen LogP contribution < -0.4 is 10.6 Å². The number of nitrogens with zero attached hydrogens (tertiary/aromatic N) is 1. The molecule has 1 atom stereocenters. The first-order valence-corrected chi connectivity index (χ1v) is 8.24. The second kappa shape index (κ2) is 6.01. The van der Waals surface area contributed by atoms with E-state index in [9.17, 15) is 4.79 Å². The SMILES string of the molecule is CC(C(=O)NCC1(N(C)C)Cc2ccccc2C1)C1CNC1. The third kappa shape index (κ3) is 2.77. The van der Waals surface area contributed by atoms with Gasteiger partial charge in [0.05, 0.1) is 0 Å². The number of likely N-dealkylation sites (N-methyl/N-ethyl adjacent to an activating group) is 1. The lowest BCUT2D eigenvalue weighted by molar-refractivity contribution is -0.127. The minimum atomic E-state index is 0.0108. The van der Waals surface area contributed by atoms with Gasteiger partial charge in [-0.05, 0) is 57.1 Å². The minimum absolute atomic E-state index is 0.0108. The smallest absolute Gasteiger partial charge is 0.223 e. The van der Waals surface area contributed by atoms with Gasteiger partial charge in [0.1, 0.15) is 0 Å². The van der Waals surface area contributed by atoms with Gasteiger partial charge in [-0.2, -0.15) is 0 Å². The fourth-order valence-corrected chi connectivity index (χ4v) is 3.56. The van der Waals surface area contributed by atoms with E-state index >= 15 is 0 Å². The van der Waals surface area contributed by atoms with Crippen molar-refractivity contribution in [1.82, 2.24) is 15.5 Å². The molecular formula is C18H27N3O. The largest absolute Gasteiger partial charge is 0.354 e. The summed E-state index contributed by atoms with van der Waals surface area (Å²) in [5.74, 6) is 0.795. The maximum atomic E-state index is 12.4. The third-order valence-corrected chi connectivity index (χ3v) is 5.63. The summed E-state index contributed by atoms with van der Waals surface area (Å²) < 4.78 is 0. The summed E-state index contributed by atoms with van der Waals surface area (Å²) >= 11 is 0. The van der Waals surface area contributed by atoms with Crippen molar-refractivity contribution in [2.45, 2.75) is 25.3 Å². The van der Waals surface area contributed by atoms with E-state index in [2.05, 4.69) is 53.9 Å². The first-order valence-electron chi connectivity index (χ1n) is 8.24. The lowest BCUT2D eigenvalue weighted by Gasteiger charge is -2.38. The molecule has 1 saturated heterocycles. The quantitative estimate of drug-likeness (QED) is 0.855. The summed E-state index contributed by atoms with van der Waals surface area (Å²) in [4.78, 5) is 14.7. The molecule has 0 radical (unpaired) electrons. The second-order valence-corrected chi connectivity index (χ2v) is 7.17. The van der Waals surface area contributed by atoms with Gasteiger partial charge in [-0.1, -0.05) is 31.2 Å². The fourth-order valence-electron chi connectivity index (χ4n) is 3.56. The standard InChI is InChI=1S/C18H27N3O/c1-13(16-10-19-11-16)17(22)20-12-18(21(2)3)8-14-6-4-5-7-15(14)9-18/h4-7,13,16,19H,8-12H2,1-3H3,(H,20,22). The van der Waals surface area contributed by atoms with Crippen LogP contribution in [0.15, 0.2) is 24.3 Å². The van der Waals surface area contributed by atoms with Crippen LogP contribution >= 0.6 is 0 Å². The molecule has 1 aromatic carbocycles. The zero-order valence-electron chi connectivity index (χ0n) is 13.9. The molecule has 0 spiro atoms. The predicted octanol–water partition coefficient (Wildman–Crippen LogP) is 1.06. The van der Waals surface area contributed by atoms with Crippen LogP contribution in [-0.4, -0.2) is 50.1 Å². The molecule has 1 fully saturated rings. The van der Waals surface area contributed by atoms with Crippen LogP contribution in [0.4, 0.5) is 0 Å². The number of benzene rings is 1. The normalized spacial score (nSPS) is 21.3. The van der Waals surface area contributed by atoms with E-state index in [0.717, 1.165) is 32.5 Å². The molecule has 0 saturated carbocycles. The van der Waals surface area contributed by atoms with Crippen molar-refractivity contribution < 1.29 is 4.79 Å². The molecule has 3 rings (SSSR count). The third-order valence-electron chi connectivity index (χ3n) is 5.63. The van der Waals surface area contributed by atoms with Crippen LogP contribution in [0, 0.1) is 11.8 Å². The molecule has 1 aliphatic carbocycles. The summed E-state index contributed by atoms with van der Waals surface area (Å²) in [6, 6.07) is 8.64. The van der Waals surface area contributed by atoms with E-state index < -0.39 is 0 Å². The number of hydrogen-bond acceptors (Lipinski definition) is 3. The zero-order chi connectivity index (χ0) is 15.7. The van der Waals surface area contributed by atoms with E-state index in [1.165, 1.54) is 11.1 Å². The number of carbonyl (C=O) groups is 1. The van der Waals surface area contributed by atoms with Crippen LogP contribution in [-0.2, 0) is 17.6 Å². The van der Waals surface area contributed by atoms with Gasteiger partial charge < -0.3 is 15.5 Å². The van der Waals surface area contributed by atoms with Gasteiger partial charge >= 0.3 is 0 Å². The summed E-state index contributed by atoms with van der Waals surface area (Å²) in [6.07, 6.45) is 2.02. The van der Waals surface area contributed by atoms with Gasteiger partial charge in [-0.15, -0.1) is 0 Å². The van der Waals surface area contributed by atoms with E-state index in [1.807, 2.05) is 6.92 Å². The highest BCUT2D eigenvalue weighted by Gasteiger charge is 2.40. The lowest BCUT2D eigenvalue weighted by Crippen LogP contribution is -2.56. The average molecular weight is 301 g/mol. The highest BCUT2D eigenvalue weighted by atomic mass is 16.1. The average Bonchev–Trinajstić information content (AvgIpc) is 2.82. The minimum Gasteiger partial charge on any atom is -0.354 e. The zero-order valence-corrected chi connectivity index (χ0v) is 13.9. The molecule has 120 valence electrons. The molecule has 1 unspecified atom stereocenters. The topological polar surface area (TPSA) is 44.4 Å². The van der Waals surface area contributed by atoms with E-state index in [1.54, 1.807) is 0 Å². The number of nitrogens with one attached hydrogen (secondary N) is 2. The van der Waals surface area contributed by atoms with Gasteiger partial charge in [-0.3, -0.25) is 4.79 Å².